The molecular weight excluding hydrogens is 214 g/mol. The van der Waals surface area contributed by atoms with Crippen molar-refractivity contribution >= 4 is 5.97 Å². The second-order valence-corrected chi connectivity index (χ2v) is 4.03. The first-order chi connectivity index (χ1) is 8.26. The first-order valence-corrected chi connectivity index (χ1v) is 6.09. The lowest BCUT2D eigenvalue weighted by Crippen LogP contribution is -2.24. The highest BCUT2D eigenvalue weighted by molar-refractivity contribution is 5.69. The van der Waals surface area contributed by atoms with E-state index >= 15 is 0 Å². The van der Waals surface area contributed by atoms with Crippen LogP contribution in [0.4, 0.5) is 0 Å². The Balaban J connectivity index is 2.31. The molecule has 0 aliphatic rings. The zero-order valence-electron chi connectivity index (χ0n) is 10.7. The van der Waals surface area contributed by atoms with Crippen LogP contribution < -0.4 is 0 Å². The minimum atomic E-state index is -0.124. The van der Waals surface area contributed by atoms with E-state index in [4.69, 9.17) is 0 Å². The lowest BCUT2D eigenvalue weighted by Gasteiger charge is -2.20. The Morgan fingerprint density at radius 2 is 2.00 bits per heavy atom. The Labute approximate surface area is 103 Å². The molecule has 0 aliphatic heterocycles. The number of carbonyl (C=O) groups is 1. The largest absolute Gasteiger partial charge is 0.469 e. The highest BCUT2D eigenvalue weighted by Gasteiger charge is 2.05. The van der Waals surface area contributed by atoms with Crippen molar-refractivity contribution in [3.05, 3.63) is 35.9 Å². The van der Waals surface area contributed by atoms with Crippen molar-refractivity contribution in [2.45, 2.75) is 26.3 Å². The molecule has 94 valence electrons. The van der Waals surface area contributed by atoms with E-state index in [1.54, 1.807) is 0 Å². The molecule has 3 nitrogen and oxygen atoms in total. The van der Waals surface area contributed by atoms with Gasteiger partial charge < -0.3 is 4.74 Å². The van der Waals surface area contributed by atoms with Gasteiger partial charge in [0.1, 0.15) is 0 Å². The Hall–Kier alpha value is -1.35. The van der Waals surface area contributed by atoms with E-state index in [0.717, 1.165) is 26.1 Å². The zero-order chi connectivity index (χ0) is 12.5. The molecule has 3 heteroatoms. The highest BCUT2D eigenvalue weighted by atomic mass is 16.5. The van der Waals surface area contributed by atoms with Crippen molar-refractivity contribution in [3.8, 4) is 0 Å². The van der Waals surface area contributed by atoms with Crippen molar-refractivity contribution in [1.29, 1.82) is 0 Å². The second kappa shape index (κ2) is 7.85. The SMILES string of the molecule is CCN(CCCC(=O)OC)Cc1ccccc1. The number of hydrogen-bond acceptors (Lipinski definition) is 3. The molecule has 17 heavy (non-hydrogen) atoms. The summed E-state index contributed by atoms with van der Waals surface area (Å²) in [5.41, 5.74) is 1.31. The van der Waals surface area contributed by atoms with Crippen LogP contribution >= 0.6 is 0 Å². The Morgan fingerprint density at radius 1 is 1.29 bits per heavy atom. The van der Waals surface area contributed by atoms with Crippen molar-refractivity contribution < 1.29 is 9.53 Å². The topological polar surface area (TPSA) is 29.5 Å². The van der Waals surface area contributed by atoms with Crippen LogP contribution in [0, 0.1) is 0 Å². The summed E-state index contributed by atoms with van der Waals surface area (Å²) in [7, 11) is 1.43. The standard InChI is InChI=1S/C14H21NO2/c1-3-15(11-7-10-14(16)17-2)12-13-8-5-4-6-9-13/h4-6,8-9H,3,7,10-12H2,1-2H3. The molecule has 1 aromatic carbocycles. The van der Waals surface area contributed by atoms with E-state index < -0.39 is 0 Å². The van der Waals surface area contributed by atoms with Gasteiger partial charge in [-0.2, -0.15) is 0 Å². The zero-order valence-corrected chi connectivity index (χ0v) is 10.7. The number of nitrogens with zero attached hydrogens (tertiary/aromatic N) is 1. The summed E-state index contributed by atoms with van der Waals surface area (Å²) in [5.74, 6) is -0.124. The van der Waals surface area contributed by atoms with Crippen molar-refractivity contribution in [3.63, 3.8) is 0 Å². The molecule has 0 fully saturated rings. The summed E-state index contributed by atoms with van der Waals surface area (Å²) in [6.45, 7) is 5.01. The van der Waals surface area contributed by atoms with Gasteiger partial charge in [0.05, 0.1) is 7.11 Å². The first-order valence-electron chi connectivity index (χ1n) is 6.09. The molecule has 1 rings (SSSR count). The van der Waals surface area contributed by atoms with Gasteiger partial charge in [-0.25, -0.2) is 0 Å². The van der Waals surface area contributed by atoms with Gasteiger partial charge in [0.15, 0.2) is 0 Å². The first kappa shape index (κ1) is 13.7. The molecule has 0 bridgehead atoms. The van der Waals surface area contributed by atoms with Crippen molar-refractivity contribution in [2.24, 2.45) is 0 Å². The molecule has 0 amide bonds. The second-order valence-electron chi connectivity index (χ2n) is 4.03. The van der Waals surface area contributed by atoms with Crippen LogP contribution in [0.2, 0.25) is 0 Å². The fourth-order valence-corrected chi connectivity index (χ4v) is 1.74. The molecule has 0 saturated heterocycles. The smallest absolute Gasteiger partial charge is 0.305 e. The third-order valence-corrected chi connectivity index (χ3v) is 2.78. The van der Waals surface area contributed by atoms with Crippen LogP contribution in [0.15, 0.2) is 30.3 Å². The van der Waals surface area contributed by atoms with Gasteiger partial charge in [-0.05, 0) is 25.1 Å². The highest BCUT2D eigenvalue weighted by Crippen LogP contribution is 2.05. The average molecular weight is 235 g/mol. The fourth-order valence-electron chi connectivity index (χ4n) is 1.74. The van der Waals surface area contributed by atoms with Gasteiger partial charge in [0, 0.05) is 13.0 Å². The summed E-state index contributed by atoms with van der Waals surface area (Å²) >= 11 is 0. The predicted octanol–water partition coefficient (Wildman–Crippen LogP) is 2.46. The quantitative estimate of drug-likeness (QED) is 0.680. The van der Waals surface area contributed by atoms with Crippen LogP contribution in [0.3, 0.4) is 0 Å². The Morgan fingerprint density at radius 3 is 2.59 bits per heavy atom. The predicted molar refractivity (Wildman–Crippen MR) is 68.6 cm³/mol. The third kappa shape index (κ3) is 5.50. The van der Waals surface area contributed by atoms with E-state index in [-0.39, 0.29) is 5.97 Å². The van der Waals surface area contributed by atoms with Crippen LogP contribution in [0.1, 0.15) is 25.3 Å². The van der Waals surface area contributed by atoms with Gasteiger partial charge in [-0.1, -0.05) is 37.3 Å². The molecule has 0 N–H and O–H groups in total. The third-order valence-electron chi connectivity index (χ3n) is 2.78. The lowest BCUT2D eigenvalue weighted by atomic mass is 10.2. The molecule has 1 aromatic rings. The van der Waals surface area contributed by atoms with Gasteiger partial charge in [-0.3, -0.25) is 9.69 Å². The summed E-state index contributed by atoms with van der Waals surface area (Å²) in [6.07, 6.45) is 1.36. The Bertz CT molecular complexity index is 324. The molecule has 0 aromatic heterocycles. The molecule has 0 saturated carbocycles. The number of benzene rings is 1. The van der Waals surface area contributed by atoms with Gasteiger partial charge in [-0.15, -0.1) is 0 Å². The Kier molecular flexibility index (Phi) is 6.33. The number of carbonyl (C=O) groups excluding carboxylic acids is 1. The van der Waals surface area contributed by atoms with E-state index in [9.17, 15) is 4.79 Å². The molecule has 0 aliphatic carbocycles. The molecule has 0 spiro atoms. The maximum absolute atomic E-state index is 11.0. The number of rotatable bonds is 7. The minimum Gasteiger partial charge on any atom is -0.469 e. The monoisotopic (exact) mass is 235 g/mol. The van der Waals surface area contributed by atoms with Crippen LogP contribution in [-0.4, -0.2) is 31.1 Å². The minimum absolute atomic E-state index is 0.124. The number of methoxy groups -OCH3 is 1. The molecular formula is C14H21NO2. The molecule has 0 heterocycles. The summed E-state index contributed by atoms with van der Waals surface area (Å²) in [6, 6.07) is 10.4. The number of ether oxygens (including phenoxy) is 1. The number of esters is 1. The lowest BCUT2D eigenvalue weighted by molar-refractivity contribution is -0.140. The van der Waals surface area contributed by atoms with E-state index in [1.807, 2.05) is 6.07 Å². The van der Waals surface area contributed by atoms with Gasteiger partial charge >= 0.3 is 5.97 Å². The van der Waals surface area contributed by atoms with Crippen LogP contribution in [0.25, 0.3) is 0 Å². The molecule has 0 radical (unpaired) electrons. The molecule has 0 unspecified atom stereocenters. The van der Waals surface area contributed by atoms with Crippen LogP contribution in [-0.2, 0) is 16.1 Å². The fraction of sp³-hybridized carbons (Fsp3) is 0.500. The maximum Gasteiger partial charge on any atom is 0.305 e. The summed E-state index contributed by atoms with van der Waals surface area (Å²) < 4.78 is 4.63. The summed E-state index contributed by atoms with van der Waals surface area (Å²) in [4.78, 5) is 13.3. The van der Waals surface area contributed by atoms with Gasteiger partial charge in [0.25, 0.3) is 0 Å². The maximum atomic E-state index is 11.0. The van der Waals surface area contributed by atoms with E-state index in [2.05, 4.69) is 40.8 Å². The van der Waals surface area contributed by atoms with E-state index in [1.165, 1.54) is 12.7 Å². The van der Waals surface area contributed by atoms with Gasteiger partial charge in [0.2, 0.25) is 0 Å². The number of hydrogen-bond donors (Lipinski definition) is 0. The average Bonchev–Trinajstić information content (AvgIpc) is 2.38. The normalized spacial score (nSPS) is 10.5. The van der Waals surface area contributed by atoms with Crippen molar-refractivity contribution in [1.82, 2.24) is 4.90 Å². The van der Waals surface area contributed by atoms with Crippen molar-refractivity contribution in [2.75, 3.05) is 20.2 Å². The summed E-state index contributed by atoms with van der Waals surface area (Å²) in [5, 5.41) is 0. The molecule has 0 atom stereocenters. The van der Waals surface area contributed by atoms with Crippen LogP contribution in [0.5, 0.6) is 0 Å². The van der Waals surface area contributed by atoms with E-state index in [0.29, 0.717) is 6.42 Å².